The molecule has 3 rings (SSSR count). The highest BCUT2D eigenvalue weighted by Gasteiger charge is 2.31. The van der Waals surface area contributed by atoms with Crippen LogP contribution in [0.4, 0.5) is 0 Å². The van der Waals surface area contributed by atoms with Gasteiger partial charge in [-0.1, -0.05) is 40.9 Å². The minimum absolute atomic E-state index is 0.0239. The summed E-state index contributed by atoms with van der Waals surface area (Å²) in [7, 11) is -3.78. The monoisotopic (exact) mass is 442 g/mol. The Balaban J connectivity index is 1.58. The molecule has 0 bridgehead atoms. The lowest BCUT2D eigenvalue weighted by Crippen LogP contribution is -2.51. The van der Waals surface area contributed by atoms with Crippen LogP contribution < -0.4 is 4.74 Å². The van der Waals surface area contributed by atoms with E-state index >= 15 is 0 Å². The molecule has 9 heteroatoms. The van der Waals surface area contributed by atoms with Crippen molar-refractivity contribution >= 4 is 39.1 Å². The third-order valence-corrected chi connectivity index (χ3v) is 7.10. The predicted octanol–water partition coefficient (Wildman–Crippen LogP) is 3.21. The molecular weight excluding hydrogens is 423 g/mol. The lowest BCUT2D eigenvalue weighted by molar-refractivity contribution is -0.134. The Bertz CT molecular complexity index is 956. The second kappa shape index (κ2) is 8.69. The minimum Gasteiger partial charge on any atom is -0.484 e. The molecule has 0 unspecified atom stereocenters. The number of hydrogen-bond acceptors (Lipinski definition) is 4. The number of carbonyl (C=O) groups is 1. The minimum atomic E-state index is -3.78. The van der Waals surface area contributed by atoms with Gasteiger partial charge in [0.2, 0.25) is 10.0 Å². The molecule has 0 spiro atoms. The van der Waals surface area contributed by atoms with Gasteiger partial charge in [0.15, 0.2) is 6.61 Å². The molecular formula is C19H20Cl2N2O4S. The molecule has 1 saturated heterocycles. The summed E-state index contributed by atoms with van der Waals surface area (Å²) in [6, 6.07) is 11.8. The fourth-order valence-electron chi connectivity index (χ4n) is 2.86. The van der Waals surface area contributed by atoms with E-state index in [1.54, 1.807) is 4.90 Å². The van der Waals surface area contributed by atoms with E-state index in [1.807, 2.05) is 31.2 Å². The molecule has 0 aliphatic carbocycles. The summed E-state index contributed by atoms with van der Waals surface area (Å²) in [5.74, 6) is 0.439. The number of nitrogens with zero attached hydrogens (tertiary/aromatic N) is 2. The van der Waals surface area contributed by atoms with Crippen LogP contribution in [-0.4, -0.2) is 56.3 Å². The molecule has 0 atom stereocenters. The van der Waals surface area contributed by atoms with Gasteiger partial charge in [0.1, 0.15) is 10.6 Å². The molecule has 1 amide bonds. The molecule has 0 radical (unpaired) electrons. The molecule has 28 heavy (non-hydrogen) atoms. The van der Waals surface area contributed by atoms with Crippen LogP contribution in [0.15, 0.2) is 47.4 Å². The van der Waals surface area contributed by atoms with E-state index in [9.17, 15) is 13.2 Å². The first-order valence-electron chi connectivity index (χ1n) is 8.70. The number of carbonyl (C=O) groups excluding carboxylic acids is 1. The molecule has 1 heterocycles. The van der Waals surface area contributed by atoms with Crippen molar-refractivity contribution in [3.05, 3.63) is 58.1 Å². The Kier molecular flexibility index (Phi) is 6.50. The zero-order valence-corrected chi connectivity index (χ0v) is 17.6. The van der Waals surface area contributed by atoms with Gasteiger partial charge in [0.25, 0.3) is 5.91 Å². The Morgan fingerprint density at radius 1 is 1.04 bits per heavy atom. The van der Waals surface area contributed by atoms with Gasteiger partial charge in [-0.05, 0) is 37.3 Å². The highest BCUT2D eigenvalue weighted by molar-refractivity contribution is 7.89. The van der Waals surface area contributed by atoms with Gasteiger partial charge in [0, 0.05) is 31.2 Å². The quantitative estimate of drug-likeness (QED) is 0.712. The van der Waals surface area contributed by atoms with Crippen LogP contribution in [0.5, 0.6) is 5.75 Å². The van der Waals surface area contributed by atoms with E-state index in [-0.39, 0.29) is 48.6 Å². The maximum absolute atomic E-state index is 12.8. The first-order valence-corrected chi connectivity index (χ1v) is 10.9. The summed E-state index contributed by atoms with van der Waals surface area (Å²) in [4.78, 5) is 13.9. The molecule has 1 aliphatic rings. The second-order valence-electron chi connectivity index (χ2n) is 6.46. The number of hydrogen-bond donors (Lipinski definition) is 0. The van der Waals surface area contributed by atoms with Crippen LogP contribution in [0.1, 0.15) is 5.56 Å². The Labute approximate surface area is 174 Å². The largest absolute Gasteiger partial charge is 0.484 e. The molecule has 150 valence electrons. The molecule has 2 aromatic rings. The molecule has 6 nitrogen and oxygen atoms in total. The summed E-state index contributed by atoms with van der Waals surface area (Å²) in [5, 5.41) is 0.416. The average molecular weight is 443 g/mol. The number of benzene rings is 2. The fraction of sp³-hybridized carbons (Fsp3) is 0.316. The number of rotatable bonds is 5. The van der Waals surface area contributed by atoms with Crippen LogP contribution in [0.25, 0.3) is 0 Å². The average Bonchev–Trinajstić information content (AvgIpc) is 2.69. The Morgan fingerprint density at radius 2 is 1.68 bits per heavy atom. The number of ether oxygens (including phenoxy) is 1. The first-order chi connectivity index (χ1) is 13.3. The zero-order chi connectivity index (χ0) is 20.3. The van der Waals surface area contributed by atoms with Crippen LogP contribution >= 0.6 is 23.2 Å². The topological polar surface area (TPSA) is 66.9 Å². The standard InChI is InChI=1S/C19H20Cl2N2O4S/c1-14-2-5-16(6-3-14)27-13-19(24)22-8-10-23(11-9-22)28(25,26)18-12-15(20)4-7-17(18)21/h2-7,12H,8-11,13H2,1H3. The fourth-order valence-corrected chi connectivity index (χ4v) is 5.02. The van der Waals surface area contributed by atoms with Crippen LogP contribution in [-0.2, 0) is 14.8 Å². The van der Waals surface area contributed by atoms with Crippen molar-refractivity contribution in [2.45, 2.75) is 11.8 Å². The third-order valence-electron chi connectivity index (χ3n) is 4.49. The van der Waals surface area contributed by atoms with Crippen LogP contribution in [0, 0.1) is 6.92 Å². The molecule has 1 fully saturated rings. The SMILES string of the molecule is Cc1ccc(OCC(=O)N2CCN(S(=O)(=O)c3cc(Cl)ccc3Cl)CC2)cc1. The second-order valence-corrected chi connectivity index (χ2v) is 9.21. The van der Waals surface area contributed by atoms with Crippen molar-refractivity contribution in [1.29, 1.82) is 0 Å². The summed E-state index contributed by atoms with van der Waals surface area (Å²) in [6.07, 6.45) is 0. The van der Waals surface area contributed by atoms with Gasteiger partial charge >= 0.3 is 0 Å². The molecule has 0 N–H and O–H groups in total. The summed E-state index contributed by atoms with van der Waals surface area (Å²) in [6.45, 7) is 2.82. The van der Waals surface area contributed by atoms with Gasteiger partial charge in [0.05, 0.1) is 5.02 Å². The highest BCUT2D eigenvalue weighted by Crippen LogP contribution is 2.28. The maximum atomic E-state index is 12.8. The zero-order valence-electron chi connectivity index (χ0n) is 15.3. The predicted molar refractivity (Wildman–Crippen MR) is 108 cm³/mol. The molecule has 2 aromatic carbocycles. The van der Waals surface area contributed by atoms with Crippen molar-refractivity contribution < 1.29 is 17.9 Å². The highest BCUT2D eigenvalue weighted by atomic mass is 35.5. The summed E-state index contributed by atoms with van der Waals surface area (Å²) in [5.41, 5.74) is 1.11. The van der Waals surface area contributed by atoms with Crippen molar-refractivity contribution in [2.75, 3.05) is 32.8 Å². The number of sulfonamides is 1. The smallest absolute Gasteiger partial charge is 0.260 e. The Morgan fingerprint density at radius 3 is 2.32 bits per heavy atom. The Hall–Kier alpha value is -1.80. The van der Waals surface area contributed by atoms with E-state index < -0.39 is 10.0 Å². The first kappa shape index (κ1) is 20.9. The van der Waals surface area contributed by atoms with Crippen molar-refractivity contribution in [1.82, 2.24) is 9.21 Å². The number of piperazine rings is 1. The number of halogens is 2. The van der Waals surface area contributed by atoms with E-state index in [4.69, 9.17) is 27.9 Å². The molecule has 0 saturated carbocycles. The maximum Gasteiger partial charge on any atom is 0.260 e. The lowest BCUT2D eigenvalue weighted by Gasteiger charge is -2.34. The van der Waals surface area contributed by atoms with Crippen molar-refractivity contribution in [2.24, 2.45) is 0 Å². The van der Waals surface area contributed by atoms with Gasteiger partial charge < -0.3 is 9.64 Å². The van der Waals surface area contributed by atoms with E-state index in [0.29, 0.717) is 10.8 Å². The van der Waals surface area contributed by atoms with Gasteiger partial charge in [-0.3, -0.25) is 4.79 Å². The normalized spacial score (nSPS) is 15.5. The van der Waals surface area contributed by atoms with Gasteiger partial charge in [-0.25, -0.2) is 8.42 Å². The summed E-state index contributed by atoms with van der Waals surface area (Å²) < 4.78 is 32.5. The third kappa shape index (κ3) is 4.78. The number of amides is 1. The summed E-state index contributed by atoms with van der Waals surface area (Å²) >= 11 is 12.0. The molecule has 0 aromatic heterocycles. The van der Waals surface area contributed by atoms with Gasteiger partial charge in [-0.15, -0.1) is 0 Å². The van der Waals surface area contributed by atoms with Crippen LogP contribution in [0.3, 0.4) is 0 Å². The molecule has 1 aliphatic heterocycles. The van der Waals surface area contributed by atoms with Crippen molar-refractivity contribution in [3.63, 3.8) is 0 Å². The van der Waals surface area contributed by atoms with E-state index in [1.165, 1.54) is 22.5 Å². The van der Waals surface area contributed by atoms with Crippen LogP contribution in [0.2, 0.25) is 10.0 Å². The van der Waals surface area contributed by atoms with Gasteiger partial charge in [-0.2, -0.15) is 4.31 Å². The van der Waals surface area contributed by atoms with Crippen molar-refractivity contribution in [3.8, 4) is 5.75 Å². The van der Waals surface area contributed by atoms with E-state index in [2.05, 4.69) is 0 Å². The van der Waals surface area contributed by atoms with E-state index in [0.717, 1.165) is 5.56 Å². The lowest BCUT2D eigenvalue weighted by atomic mass is 10.2. The number of aryl methyl sites for hydroxylation is 1.